The first-order valence-electron chi connectivity index (χ1n) is 9.89. The quantitative estimate of drug-likeness (QED) is 0.281. The largest absolute Gasteiger partial charge is 0.493 e. The van der Waals surface area contributed by atoms with Gasteiger partial charge in [0.05, 0.1) is 23.5 Å². The number of carbonyl (C=O) groups excluding carboxylic acids is 1. The minimum absolute atomic E-state index is 0.0289. The summed E-state index contributed by atoms with van der Waals surface area (Å²) in [7, 11) is 1.59. The maximum Gasteiger partial charge on any atom is 0.228 e. The van der Waals surface area contributed by atoms with E-state index < -0.39 is 0 Å². The Morgan fingerprint density at radius 1 is 1.37 bits per heavy atom. The zero-order valence-electron chi connectivity index (χ0n) is 17.3. The minimum Gasteiger partial charge on any atom is -0.493 e. The van der Waals surface area contributed by atoms with Crippen molar-refractivity contribution in [2.45, 2.75) is 39.8 Å². The van der Waals surface area contributed by atoms with Crippen molar-refractivity contribution < 1.29 is 9.53 Å². The van der Waals surface area contributed by atoms with Crippen LogP contribution in [-0.4, -0.2) is 24.2 Å². The third-order valence-electron chi connectivity index (χ3n) is 4.70. The van der Waals surface area contributed by atoms with E-state index in [1.165, 1.54) is 0 Å². The lowest BCUT2D eigenvalue weighted by atomic mass is 10.2. The molecule has 7 nitrogen and oxygen atoms in total. The Hall–Kier alpha value is -1.51. The summed E-state index contributed by atoms with van der Waals surface area (Å²) in [5, 5.41) is 10.4. The highest BCUT2D eigenvalue weighted by Gasteiger charge is 2.32. The van der Waals surface area contributed by atoms with Crippen molar-refractivity contribution >= 4 is 74.6 Å². The van der Waals surface area contributed by atoms with Crippen LogP contribution in [-0.2, 0) is 4.79 Å². The molecule has 1 aromatic heterocycles. The molecule has 30 heavy (non-hydrogen) atoms. The van der Waals surface area contributed by atoms with Crippen LogP contribution in [0.5, 0.6) is 5.75 Å². The Morgan fingerprint density at radius 2 is 2.10 bits per heavy atom. The SMILES string of the molecule is CC.COc1c(Cl)cccc1Nc1cc(NC(=O)C2CC2)nc2c1NC(C)N2PI. The number of benzene rings is 1. The first-order valence-corrected chi connectivity index (χ1v) is 14.3. The van der Waals surface area contributed by atoms with Crippen LogP contribution in [0.3, 0.4) is 0 Å². The van der Waals surface area contributed by atoms with Crippen molar-refractivity contribution in [1.82, 2.24) is 4.98 Å². The van der Waals surface area contributed by atoms with Gasteiger partial charge in [-0.3, -0.25) is 4.79 Å². The number of hydrogen-bond donors (Lipinski definition) is 3. The number of aromatic nitrogens is 1. The van der Waals surface area contributed by atoms with Gasteiger partial charge in [-0.1, -0.05) is 31.5 Å². The number of para-hydroxylation sites is 1. The lowest BCUT2D eigenvalue weighted by Gasteiger charge is -2.19. The Morgan fingerprint density at radius 3 is 2.73 bits per heavy atom. The molecule has 4 rings (SSSR count). The summed E-state index contributed by atoms with van der Waals surface area (Å²) in [5.74, 6) is 2.06. The van der Waals surface area contributed by atoms with E-state index in [0.717, 1.165) is 35.7 Å². The first-order chi connectivity index (χ1) is 14.5. The number of amides is 1. The number of nitrogens with one attached hydrogen (secondary N) is 3. The van der Waals surface area contributed by atoms with Crippen LogP contribution < -0.4 is 25.4 Å². The molecule has 0 spiro atoms. The summed E-state index contributed by atoms with van der Waals surface area (Å²) in [5.41, 5.74) is 2.44. The predicted octanol–water partition coefficient (Wildman–Crippen LogP) is 6.38. The van der Waals surface area contributed by atoms with Crippen molar-refractivity contribution in [3.63, 3.8) is 0 Å². The zero-order chi connectivity index (χ0) is 21.8. The van der Waals surface area contributed by atoms with Gasteiger partial charge in [0.2, 0.25) is 5.91 Å². The number of halogens is 2. The van der Waals surface area contributed by atoms with Crippen molar-refractivity contribution in [3.05, 3.63) is 29.3 Å². The fourth-order valence-electron chi connectivity index (χ4n) is 3.11. The minimum atomic E-state index is 0.0289. The van der Waals surface area contributed by atoms with Crippen LogP contribution >= 0.6 is 40.0 Å². The average molecular weight is 562 g/mol. The number of hydrogen-bond acceptors (Lipinski definition) is 6. The van der Waals surface area contributed by atoms with E-state index in [1.807, 2.05) is 32.0 Å². The molecule has 2 aromatic rings. The maximum absolute atomic E-state index is 12.3. The van der Waals surface area contributed by atoms with E-state index in [1.54, 1.807) is 13.2 Å². The number of pyridine rings is 1. The van der Waals surface area contributed by atoms with Crippen LogP contribution in [0, 0.1) is 5.92 Å². The lowest BCUT2D eigenvalue weighted by molar-refractivity contribution is -0.117. The second kappa shape index (κ2) is 10.2. The van der Waals surface area contributed by atoms with Gasteiger partial charge < -0.3 is 25.4 Å². The van der Waals surface area contributed by atoms with Gasteiger partial charge in [-0.25, -0.2) is 4.98 Å². The first kappa shape index (κ1) is 23.2. The molecule has 162 valence electrons. The van der Waals surface area contributed by atoms with Crippen LogP contribution in [0.2, 0.25) is 5.02 Å². The van der Waals surface area contributed by atoms with Gasteiger partial charge in [-0.15, -0.1) is 0 Å². The van der Waals surface area contributed by atoms with E-state index >= 15 is 0 Å². The molecule has 2 atom stereocenters. The van der Waals surface area contributed by atoms with Crippen molar-refractivity contribution in [3.8, 4) is 5.75 Å². The van der Waals surface area contributed by atoms with Crippen LogP contribution in [0.15, 0.2) is 24.3 Å². The van der Waals surface area contributed by atoms with Gasteiger partial charge in [0.1, 0.15) is 17.7 Å². The van der Waals surface area contributed by atoms with Gasteiger partial charge in [-0.05, 0) is 53.9 Å². The molecule has 1 aliphatic carbocycles. The summed E-state index contributed by atoms with van der Waals surface area (Å²) >= 11 is 8.60. The molecule has 1 amide bonds. The molecule has 0 saturated heterocycles. The topological polar surface area (TPSA) is 78.5 Å². The van der Waals surface area contributed by atoms with Crippen molar-refractivity contribution in [1.29, 1.82) is 0 Å². The van der Waals surface area contributed by atoms with Gasteiger partial charge in [0.25, 0.3) is 0 Å². The number of methoxy groups -OCH3 is 1. The van der Waals surface area contributed by atoms with Gasteiger partial charge in [0.15, 0.2) is 11.6 Å². The maximum atomic E-state index is 12.3. The number of carbonyl (C=O) groups is 1. The molecule has 2 heterocycles. The summed E-state index contributed by atoms with van der Waals surface area (Å²) < 4.78 is 7.62. The highest BCUT2D eigenvalue weighted by atomic mass is 127. The second-order valence-electron chi connectivity index (χ2n) is 6.74. The molecule has 2 aliphatic rings. The standard InChI is InChI=1S/C18H20ClIN5O2P.C2H6/c1-9-21-15-13(22-12-5-3-4-11(19)16(12)27-2)8-14(23-17(15)25(9)28-20)24-18(26)10-6-7-10;1-2/h3-5,8-10,21,28H,6-7H2,1-2H3,(H2,22,23,24,26);1-2H3. The molecule has 1 saturated carbocycles. The van der Waals surface area contributed by atoms with Crippen molar-refractivity contribution in [2.75, 3.05) is 27.7 Å². The average Bonchev–Trinajstić information content (AvgIpc) is 3.53. The highest BCUT2D eigenvalue weighted by Crippen LogP contribution is 2.48. The van der Waals surface area contributed by atoms with E-state index in [-0.39, 0.29) is 18.0 Å². The molecule has 0 radical (unpaired) electrons. The number of nitrogens with zero attached hydrogens (tertiary/aromatic N) is 2. The van der Waals surface area contributed by atoms with Crippen molar-refractivity contribution in [2.24, 2.45) is 5.92 Å². The molecule has 1 fully saturated rings. The summed E-state index contributed by atoms with van der Waals surface area (Å²) in [6.45, 7) is 6.08. The van der Waals surface area contributed by atoms with E-state index in [2.05, 4.69) is 49.6 Å². The van der Waals surface area contributed by atoms with Gasteiger partial charge in [0, 0.05) is 18.4 Å². The second-order valence-corrected chi connectivity index (χ2v) is 9.24. The Kier molecular flexibility index (Phi) is 7.87. The molecule has 1 aliphatic heterocycles. The molecule has 1 aromatic carbocycles. The Bertz CT molecular complexity index is 928. The van der Waals surface area contributed by atoms with E-state index in [9.17, 15) is 4.79 Å². The molecule has 2 unspecified atom stereocenters. The zero-order valence-corrected chi connectivity index (χ0v) is 21.3. The molecule has 0 bridgehead atoms. The number of rotatable bonds is 6. The predicted molar refractivity (Wildman–Crippen MR) is 136 cm³/mol. The van der Waals surface area contributed by atoms with Crippen LogP contribution in [0.1, 0.15) is 33.6 Å². The molecular formula is C20H26ClIN5O2P. The third-order valence-corrected chi connectivity index (χ3v) is 7.34. The molecular weight excluding hydrogens is 536 g/mol. The summed E-state index contributed by atoms with van der Waals surface area (Å²) in [4.78, 5) is 17.0. The molecule has 3 N–H and O–H groups in total. The van der Waals surface area contributed by atoms with Crippen LogP contribution in [0.4, 0.5) is 28.7 Å². The smallest absolute Gasteiger partial charge is 0.228 e. The third kappa shape index (κ3) is 4.86. The number of ether oxygens (including phenoxy) is 1. The van der Waals surface area contributed by atoms with E-state index in [0.29, 0.717) is 23.0 Å². The number of anilines is 5. The summed E-state index contributed by atoms with van der Waals surface area (Å²) in [6.07, 6.45) is 2.51. The Balaban J connectivity index is 0.00000124. The normalized spacial score (nSPS) is 17.1. The fraction of sp³-hybridized carbons (Fsp3) is 0.400. The lowest BCUT2D eigenvalue weighted by Crippen LogP contribution is -2.24. The molecule has 10 heteroatoms. The monoisotopic (exact) mass is 561 g/mol. The summed E-state index contributed by atoms with van der Waals surface area (Å²) in [6, 6.07) is 7.39. The Labute approximate surface area is 197 Å². The van der Waals surface area contributed by atoms with Gasteiger partial charge in [-0.2, -0.15) is 0 Å². The highest BCUT2D eigenvalue weighted by molar-refractivity contribution is 14.2. The van der Waals surface area contributed by atoms with Gasteiger partial charge >= 0.3 is 0 Å². The van der Waals surface area contributed by atoms with E-state index in [4.69, 9.17) is 21.3 Å². The fourth-order valence-corrected chi connectivity index (χ4v) is 5.76. The van der Waals surface area contributed by atoms with Crippen LogP contribution in [0.25, 0.3) is 0 Å². The number of fused-ring (bicyclic) bond motifs is 1.